The molecule has 0 unspecified atom stereocenters. The molecule has 0 aliphatic rings. The van der Waals surface area contributed by atoms with Crippen molar-refractivity contribution in [3.05, 3.63) is 22.5 Å². The standard InChI is InChI=1S/C12H16N4O2S/c1-4-8-7-9(5-2)16(15-8)12-14-13-10(19-12)11(17)18-6-3/h7H,4-6H2,1-3H3. The first-order chi connectivity index (χ1) is 9.19. The van der Waals surface area contributed by atoms with Gasteiger partial charge in [0.25, 0.3) is 0 Å². The maximum atomic E-state index is 11.6. The Hall–Kier alpha value is -1.76. The fourth-order valence-corrected chi connectivity index (χ4v) is 2.36. The van der Waals surface area contributed by atoms with Gasteiger partial charge >= 0.3 is 5.97 Å². The van der Waals surface area contributed by atoms with Gasteiger partial charge in [-0.15, -0.1) is 10.2 Å². The highest BCUT2D eigenvalue weighted by molar-refractivity contribution is 7.15. The van der Waals surface area contributed by atoms with Crippen LogP contribution in [-0.4, -0.2) is 32.6 Å². The van der Waals surface area contributed by atoms with Crippen LogP contribution in [0, 0.1) is 0 Å². The van der Waals surface area contributed by atoms with Crippen molar-refractivity contribution >= 4 is 17.3 Å². The number of ether oxygens (including phenoxy) is 1. The van der Waals surface area contributed by atoms with Crippen molar-refractivity contribution in [1.29, 1.82) is 0 Å². The van der Waals surface area contributed by atoms with E-state index >= 15 is 0 Å². The summed E-state index contributed by atoms with van der Waals surface area (Å²) in [4.78, 5) is 11.6. The third-order valence-corrected chi connectivity index (χ3v) is 3.48. The molecule has 19 heavy (non-hydrogen) atoms. The molecule has 0 aromatic carbocycles. The van der Waals surface area contributed by atoms with Crippen molar-refractivity contribution in [2.75, 3.05) is 6.61 Å². The van der Waals surface area contributed by atoms with E-state index in [0.717, 1.165) is 24.2 Å². The average Bonchev–Trinajstić information content (AvgIpc) is 3.05. The number of rotatable bonds is 5. The number of carbonyl (C=O) groups excluding carboxylic acids is 1. The Morgan fingerprint density at radius 2 is 2.11 bits per heavy atom. The summed E-state index contributed by atoms with van der Waals surface area (Å²) in [6.07, 6.45) is 1.71. The molecule has 0 aliphatic heterocycles. The summed E-state index contributed by atoms with van der Waals surface area (Å²) in [5.74, 6) is -0.438. The SMILES string of the molecule is CCOC(=O)c1nnc(-n2nc(CC)cc2CC)s1. The third kappa shape index (κ3) is 2.81. The van der Waals surface area contributed by atoms with E-state index in [9.17, 15) is 4.79 Å². The Balaban J connectivity index is 2.32. The van der Waals surface area contributed by atoms with Gasteiger partial charge in [-0.1, -0.05) is 25.2 Å². The molecular weight excluding hydrogens is 264 g/mol. The molecule has 0 amide bonds. The van der Waals surface area contributed by atoms with Crippen LogP contribution in [-0.2, 0) is 17.6 Å². The number of esters is 1. The zero-order valence-electron chi connectivity index (χ0n) is 11.2. The highest BCUT2D eigenvalue weighted by Gasteiger charge is 2.17. The van der Waals surface area contributed by atoms with Crippen molar-refractivity contribution in [2.24, 2.45) is 0 Å². The van der Waals surface area contributed by atoms with Gasteiger partial charge in [0.2, 0.25) is 10.1 Å². The van der Waals surface area contributed by atoms with Crippen LogP contribution >= 0.6 is 11.3 Å². The molecule has 2 aromatic heterocycles. The number of nitrogens with zero attached hydrogens (tertiary/aromatic N) is 4. The molecule has 102 valence electrons. The van der Waals surface area contributed by atoms with Crippen molar-refractivity contribution in [3.8, 4) is 5.13 Å². The minimum absolute atomic E-state index is 0.257. The summed E-state index contributed by atoms with van der Waals surface area (Å²) in [7, 11) is 0. The quantitative estimate of drug-likeness (QED) is 0.784. The second kappa shape index (κ2) is 5.92. The molecule has 0 atom stereocenters. The molecular formula is C12H16N4O2S. The summed E-state index contributed by atoms with van der Waals surface area (Å²) >= 11 is 1.19. The van der Waals surface area contributed by atoms with E-state index < -0.39 is 5.97 Å². The second-order valence-electron chi connectivity index (χ2n) is 3.86. The summed E-state index contributed by atoms with van der Waals surface area (Å²) < 4.78 is 6.65. The first kappa shape index (κ1) is 13.7. The van der Waals surface area contributed by atoms with Gasteiger partial charge in [0.15, 0.2) is 0 Å². The van der Waals surface area contributed by atoms with Gasteiger partial charge in [0, 0.05) is 5.69 Å². The maximum Gasteiger partial charge on any atom is 0.369 e. The van der Waals surface area contributed by atoms with Crippen LogP contribution in [0.1, 0.15) is 42.0 Å². The van der Waals surface area contributed by atoms with Gasteiger partial charge in [0.05, 0.1) is 12.3 Å². The minimum atomic E-state index is -0.438. The Kier molecular flexibility index (Phi) is 4.26. The molecule has 0 N–H and O–H groups in total. The van der Waals surface area contributed by atoms with Gasteiger partial charge in [-0.25, -0.2) is 9.48 Å². The number of hydrogen-bond donors (Lipinski definition) is 0. The van der Waals surface area contributed by atoms with E-state index in [1.807, 2.05) is 6.07 Å². The second-order valence-corrected chi connectivity index (χ2v) is 4.81. The van der Waals surface area contributed by atoms with Crippen molar-refractivity contribution in [2.45, 2.75) is 33.6 Å². The molecule has 0 radical (unpaired) electrons. The monoisotopic (exact) mass is 280 g/mol. The normalized spacial score (nSPS) is 10.7. The number of aromatic nitrogens is 4. The molecule has 0 saturated carbocycles. The van der Waals surface area contributed by atoms with E-state index in [-0.39, 0.29) is 5.01 Å². The van der Waals surface area contributed by atoms with Gasteiger partial charge in [0.1, 0.15) is 0 Å². The lowest BCUT2D eigenvalue weighted by Gasteiger charge is -1.99. The van der Waals surface area contributed by atoms with Crippen LogP contribution in [0.25, 0.3) is 5.13 Å². The molecule has 7 heteroatoms. The highest BCUT2D eigenvalue weighted by atomic mass is 32.1. The van der Waals surface area contributed by atoms with Crippen LogP contribution in [0.2, 0.25) is 0 Å². The van der Waals surface area contributed by atoms with Crippen LogP contribution in [0.4, 0.5) is 0 Å². The van der Waals surface area contributed by atoms with Crippen molar-refractivity contribution in [1.82, 2.24) is 20.0 Å². The molecule has 0 bridgehead atoms. The summed E-state index contributed by atoms with van der Waals surface area (Å²) in [5, 5.41) is 13.2. The third-order valence-electron chi connectivity index (χ3n) is 2.60. The van der Waals surface area contributed by atoms with Crippen LogP contribution in [0.3, 0.4) is 0 Å². The van der Waals surface area contributed by atoms with E-state index in [4.69, 9.17) is 4.74 Å². The smallest absolute Gasteiger partial charge is 0.369 e. The van der Waals surface area contributed by atoms with Gasteiger partial charge in [-0.05, 0) is 25.8 Å². The first-order valence-electron chi connectivity index (χ1n) is 6.28. The van der Waals surface area contributed by atoms with E-state index in [1.165, 1.54) is 11.3 Å². The lowest BCUT2D eigenvalue weighted by atomic mass is 10.3. The Labute approximate surface area is 115 Å². The van der Waals surface area contributed by atoms with E-state index in [1.54, 1.807) is 11.6 Å². The Morgan fingerprint density at radius 3 is 2.74 bits per heavy atom. The van der Waals surface area contributed by atoms with Gasteiger partial charge in [-0.3, -0.25) is 0 Å². The Bertz CT molecular complexity index is 576. The molecule has 0 spiro atoms. The predicted octanol–water partition coefficient (Wildman–Crippen LogP) is 2.03. The molecule has 6 nitrogen and oxygen atoms in total. The van der Waals surface area contributed by atoms with Crippen LogP contribution < -0.4 is 0 Å². The maximum absolute atomic E-state index is 11.6. The molecule has 2 aromatic rings. The molecule has 0 saturated heterocycles. The first-order valence-corrected chi connectivity index (χ1v) is 7.10. The van der Waals surface area contributed by atoms with Gasteiger partial charge < -0.3 is 4.74 Å². The van der Waals surface area contributed by atoms with Crippen LogP contribution in [0.15, 0.2) is 6.07 Å². The summed E-state index contributed by atoms with van der Waals surface area (Å²) in [6.45, 7) is 6.20. The van der Waals surface area contributed by atoms with E-state index in [2.05, 4.69) is 29.1 Å². The topological polar surface area (TPSA) is 69.9 Å². The van der Waals surface area contributed by atoms with Crippen LogP contribution in [0.5, 0.6) is 0 Å². The van der Waals surface area contributed by atoms with Crippen molar-refractivity contribution in [3.63, 3.8) is 0 Å². The highest BCUT2D eigenvalue weighted by Crippen LogP contribution is 2.18. The molecule has 2 heterocycles. The largest absolute Gasteiger partial charge is 0.461 e. The molecule has 2 rings (SSSR count). The number of aryl methyl sites for hydroxylation is 2. The van der Waals surface area contributed by atoms with E-state index in [0.29, 0.717) is 11.7 Å². The average molecular weight is 280 g/mol. The van der Waals surface area contributed by atoms with Crippen molar-refractivity contribution < 1.29 is 9.53 Å². The minimum Gasteiger partial charge on any atom is -0.461 e. The lowest BCUT2D eigenvalue weighted by molar-refractivity contribution is 0.0525. The molecule has 0 aliphatic carbocycles. The zero-order chi connectivity index (χ0) is 13.8. The lowest BCUT2D eigenvalue weighted by Crippen LogP contribution is -2.03. The Morgan fingerprint density at radius 1 is 1.32 bits per heavy atom. The summed E-state index contributed by atoms with van der Waals surface area (Å²) in [5.41, 5.74) is 2.06. The number of hydrogen-bond acceptors (Lipinski definition) is 6. The molecule has 0 fully saturated rings. The zero-order valence-corrected chi connectivity index (χ0v) is 12.0. The number of carbonyl (C=O) groups is 1. The van der Waals surface area contributed by atoms with Gasteiger partial charge in [-0.2, -0.15) is 5.10 Å². The summed E-state index contributed by atoms with van der Waals surface area (Å²) in [6, 6.07) is 2.05. The predicted molar refractivity (Wildman–Crippen MR) is 71.7 cm³/mol. The fourth-order valence-electron chi connectivity index (χ4n) is 1.64. The fraction of sp³-hybridized carbons (Fsp3) is 0.500.